The van der Waals surface area contributed by atoms with Crippen LogP contribution in [0.2, 0.25) is 0 Å². The highest BCUT2D eigenvalue weighted by Crippen LogP contribution is 2.26. The fourth-order valence-electron chi connectivity index (χ4n) is 5.49. The third-order valence-corrected chi connectivity index (χ3v) is 8.79. The maximum atomic E-state index is 2.59. The fourth-order valence-corrected chi connectivity index (χ4v) is 5.49. The SMILES string of the molecule is CC(C)C1CCN(C(C)C)C1.CC(C)[C@@H]1CCN(C(C)C)C1.CC(C)[C@H]1CCN(C(C)C)C1. The summed E-state index contributed by atoms with van der Waals surface area (Å²) < 4.78 is 0. The number of rotatable bonds is 6. The summed E-state index contributed by atoms with van der Waals surface area (Å²) in [7, 11) is 0. The van der Waals surface area contributed by atoms with Gasteiger partial charge in [-0.3, -0.25) is 0 Å². The third kappa shape index (κ3) is 11.0. The predicted octanol–water partition coefficient (Wildman–Crippen LogP) is 7.12. The maximum absolute atomic E-state index is 2.59. The molecule has 3 heterocycles. The lowest BCUT2D eigenvalue weighted by Crippen LogP contribution is -2.28. The highest BCUT2D eigenvalue weighted by atomic mass is 15.2. The molecule has 3 fully saturated rings. The van der Waals surface area contributed by atoms with E-state index in [9.17, 15) is 0 Å². The highest BCUT2D eigenvalue weighted by molar-refractivity contribution is 4.81. The van der Waals surface area contributed by atoms with Gasteiger partial charge in [-0.25, -0.2) is 0 Å². The van der Waals surface area contributed by atoms with Gasteiger partial charge in [0.15, 0.2) is 0 Å². The second-order valence-corrected chi connectivity index (χ2v) is 13.1. The molecule has 0 aromatic carbocycles. The lowest BCUT2D eigenvalue weighted by atomic mass is 9.95. The number of hydrogen-bond donors (Lipinski definition) is 0. The first kappa shape index (κ1) is 30.9. The van der Waals surface area contributed by atoms with Crippen LogP contribution >= 0.6 is 0 Å². The van der Waals surface area contributed by atoms with Crippen LogP contribution in [0, 0.1) is 35.5 Å². The first-order chi connectivity index (χ1) is 15.3. The van der Waals surface area contributed by atoms with Gasteiger partial charge in [-0.15, -0.1) is 0 Å². The molecule has 0 bridgehead atoms. The molecule has 3 atom stereocenters. The first-order valence-electron chi connectivity index (χ1n) is 14.5. The molecule has 0 aromatic rings. The molecule has 0 aliphatic carbocycles. The molecule has 3 saturated heterocycles. The predicted molar refractivity (Wildman–Crippen MR) is 149 cm³/mol. The van der Waals surface area contributed by atoms with Crippen LogP contribution in [0.15, 0.2) is 0 Å². The van der Waals surface area contributed by atoms with Crippen molar-refractivity contribution in [2.75, 3.05) is 39.3 Å². The van der Waals surface area contributed by atoms with Crippen LogP contribution in [0.4, 0.5) is 0 Å². The van der Waals surface area contributed by atoms with E-state index in [4.69, 9.17) is 0 Å². The minimum Gasteiger partial charge on any atom is -0.301 e. The Bertz CT molecular complexity index is 383. The molecule has 0 spiro atoms. The molecule has 3 rings (SSSR count). The van der Waals surface area contributed by atoms with Crippen molar-refractivity contribution >= 4 is 0 Å². The molecule has 3 aliphatic rings. The van der Waals surface area contributed by atoms with Crippen molar-refractivity contribution in [3.05, 3.63) is 0 Å². The van der Waals surface area contributed by atoms with E-state index in [2.05, 4.69) is 97.8 Å². The average Bonchev–Trinajstić information content (AvgIpc) is 3.49. The van der Waals surface area contributed by atoms with E-state index in [1.165, 1.54) is 58.5 Å². The Morgan fingerprint density at radius 1 is 0.394 bits per heavy atom. The van der Waals surface area contributed by atoms with Gasteiger partial charge in [-0.1, -0.05) is 41.5 Å². The van der Waals surface area contributed by atoms with E-state index < -0.39 is 0 Å². The smallest absolute Gasteiger partial charge is 0.00387 e. The minimum atomic E-state index is 0.749. The normalized spacial score (nSPS) is 27.3. The van der Waals surface area contributed by atoms with Crippen LogP contribution < -0.4 is 0 Å². The van der Waals surface area contributed by atoms with Gasteiger partial charge in [0.05, 0.1) is 0 Å². The Balaban J connectivity index is 0.000000247. The molecule has 0 saturated carbocycles. The van der Waals surface area contributed by atoms with E-state index in [1.807, 2.05) is 0 Å². The Morgan fingerprint density at radius 3 is 0.697 bits per heavy atom. The quantitative estimate of drug-likeness (QED) is 0.413. The van der Waals surface area contributed by atoms with Crippen molar-refractivity contribution in [2.45, 2.75) is 120 Å². The molecule has 3 aliphatic heterocycles. The van der Waals surface area contributed by atoms with E-state index in [0.717, 1.165) is 53.6 Å². The summed E-state index contributed by atoms with van der Waals surface area (Å²) in [6.45, 7) is 35.8. The Labute approximate surface area is 210 Å². The van der Waals surface area contributed by atoms with Crippen LogP contribution in [0.25, 0.3) is 0 Å². The zero-order valence-corrected chi connectivity index (χ0v) is 24.9. The van der Waals surface area contributed by atoms with Crippen molar-refractivity contribution in [1.29, 1.82) is 0 Å². The van der Waals surface area contributed by atoms with E-state index >= 15 is 0 Å². The van der Waals surface area contributed by atoms with Gasteiger partial charge in [-0.2, -0.15) is 0 Å². The van der Waals surface area contributed by atoms with Gasteiger partial charge in [0, 0.05) is 37.8 Å². The molecule has 3 nitrogen and oxygen atoms in total. The van der Waals surface area contributed by atoms with E-state index in [-0.39, 0.29) is 0 Å². The van der Waals surface area contributed by atoms with Gasteiger partial charge in [0.2, 0.25) is 0 Å². The molecule has 33 heavy (non-hydrogen) atoms. The Kier molecular flexibility index (Phi) is 14.1. The molecule has 0 radical (unpaired) electrons. The second-order valence-electron chi connectivity index (χ2n) is 13.1. The maximum Gasteiger partial charge on any atom is 0.00387 e. The van der Waals surface area contributed by atoms with E-state index in [1.54, 1.807) is 0 Å². The number of likely N-dealkylation sites (tertiary alicyclic amines) is 3. The summed E-state index contributed by atoms with van der Waals surface area (Å²) in [6, 6.07) is 2.25. The molecular formula is C30H63N3. The van der Waals surface area contributed by atoms with Gasteiger partial charge in [0.1, 0.15) is 0 Å². The molecular weight excluding hydrogens is 402 g/mol. The first-order valence-corrected chi connectivity index (χ1v) is 14.5. The zero-order valence-electron chi connectivity index (χ0n) is 24.9. The molecule has 0 aromatic heterocycles. The van der Waals surface area contributed by atoms with Crippen molar-refractivity contribution in [2.24, 2.45) is 35.5 Å². The number of nitrogens with zero attached hydrogens (tertiary/aromatic N) is 3. The third-order valence-electron chi connectivity index (χ3n) is 8.79. The summed E-state index contributed by atoms with van der Waals surface area (Å²) in [5.74, 6) is 5.49. The van der Waals surface area contributed by atoms with Crippen molar-refractivity contribution in [3.8, 4) is 0 Å². The van der Waals surface area contributed by atoms with Crippen LogP contribution in [0.3, 0.4) is 0 Å². The topological polar surface area (TPSA) is 9.72 Å². The molecule has 3 heteroatoms. The van der Waals surface area contributed by atoms with E-state index in [0.29, 0.717) is 0 Å². The zero-order chi connectivity index (χ0) is 25.3. The van der Waals surface area contributed by atoms with Crippen molar-refractivity contribution < 1.29 is 0 Å². The molecule has 0 N–H and O–H groups in total. The lowest BCUT2D eigenvalue weighted by molar-refractivity contribution is 0.253. The highest BCUT2D eigenvalue weighted by Gasteiger charge is 2.27. The van der Waals surface area contributed by atoms with Gasteiger partial charge in [-0.05, 0) is 116 Å². The fraction of sp³-hybridized carbons (Fsp3) is 1.00. The standard InChI is InChI=1S/3C10H21N/c3*1-8(2)10-5-6-11(7-10)9(3)4/h3*8-10H,5-7H2,1-4H3/t2*10-;/m10./s1. The monoisotopic (exact) mass is 466 g/mol. The molecule has 0 amide bonds. The van der Waals surface area contributed by atoms with Crippen LogP contribution in [0.5, 0.6) is 0 Å². The summed E-state index contributed by atoms with van der Waals surface area (Å²) in [6.07, 6.45) is 4.24. The summed E-state index contributed by atoms with van der Waals surface area (Å²) in [5.41, 5.74) is 0. The second kappa shape index (κ2) is 15.1. The van der Waals surface area contributed by atoms with Gasteiger partial charge >= 0.3 is 0 Å². The molecule has 1 unspecified atom stereocenters. The van der Waals surface area contributed by atoms with Gasteiger partial charge < -0.3 is 14.7 Å². The Morgan fingerprint density at radius 2 is 0.606 bits per heavy atom. The van der Waals surface area contributed by atoms with Crippen molar-refractivity contribution in [1.82, 2.24) is 14.7 Å². The minimum absolute atomic E-state index is 0.749. The largest absolute Gasteiger partial charge is 0.301 e. The lowest BCUT2D eigenvalue weighted by Gasteiger charge is -2.21. The summed E-state index contributed by atoms with van der Waals surface area (Å²) in [4.78, 5) is 7.76. The van der Waals surface area contributed by atoms with Gasteiger partial charge in [0.25, 0.3) is 0 Å². The Hall–Kier alpha value is -0.120. The van der Waals surface area contributed by atoms with Crippen LogP contribution in [-0.4, -0.2) is 72.1 Å². The summed E-state index contributed by atoms with van der Waals surface area (Å²) in [5, 5.41) is 0. The van der Waals surface area contributed by atoms with Crippen LogP contribution in [-0.2, 0) is 0 Å². The van der Waals surface area contributed by atoms with Crippen LogP contribution in [0.1, 0.15) is 102 Å². The van der Waals surface area contributed by atoms with Crippen molar-refractivity contribution in [3.63, 3.8) is 0 Å². The summed E-state index contributed by atoms with van der Waals surface area (Å²) >= 11 is 0. The average molecular weight is 466 g/mol. The molecule has 198 valence electrons. The number of hydrogen-bond acceptors (Lipinski definition) is 3.